The van der Waals surface area contributed by atoms with Crippen LogP contribution in [0.3, 0.4) is 0 Å². The van der Waals surface area contributed by atoms with Crippen LogP contribution in [-0.4, -0.2) is 35.3 Å². The van der Waals surface area contributed by atoms with Crippen LogP contribution in [0.4, 0.5) is 0 Å². The zero-order valence-corrected chi connectivity index (χ0v) is 19.2. The van der Waals surface area contributed by atoms with Gasteiger partial charge in [0.05, 0.1) is 12.5 Å². The van der Waals surface area contributed by atoms with Crippen LogP contribution in [0.25, 0.3) is 0 Å². The largest absolute Gasteiger partial charge is 0.361 e. The summed E-state index contributed by atoms with van der Waals surface area (Å²) >= 11 is 0. The van der Waals surface area contributed by atoms with E-state index in [4.69, 9.17) is 4.74 Å². The Hall–Kier alpha value is -1.62. The van der Waals surface area contributed by atoms with Crippen molar-refractivity contribution >= 4 is 23.1 Å². The van der Waals surface area contributed by atoms with Gasteiger partial charge in [-0.3, -0.25) is 19.2 Å². The van der Waals surface area contributed by atoms with E-state index in [1.165, 1.54) is 51.4 Å². The van der Waals surface area contributed by atoms with E-state index in [1.54, 1.807) is 6.08 Å². The monoisotopic (exact) mass is 440 g/mol. The van der Waals surface area contributed by atoms with Crippen LogP contribution >= 0.6 is 0 Å². The smallest absolute Gasteiger partial charge is 0.164 e. The molecule has 32 heavy (non-hydrogen) atoms. The van der Waals surface area contributed by atoms with Crippen molar-refractivity contribution in [1.29, 1.82) is 0 Å². The molecule has 2 atom stereocenters. The number of Topliss-reactive ketones (excluding diaryl/α,β-unsaturated/α-hetero) is 3. The Balaban J connectivity index is 0.000000101. The van der Waals surface area contributed by atoms with Gasteiger partial charge in [-0.2, -0.15) is 0 Å². The minimum atomic E-state index is 0.0289. The SMILES string of the molecule is O=C1C=CCC2(CCC2)C1.O=C1CC(=O)CC2(CCC2)C1.O=C1CC2(CCC2)CC2OC12. The van der Waals surface area contributed by atoms with Crippen molar-refractivity contribution in [1.82, 2.24) is 0 Å². The highest BCUT2D eigenvalue weighted by Crippen LogP contribution is 2.55. The minimum absolute atomic E-state index is 0.0289. The number of carbonyl (C=O) groups is 4. The number of ether oxygens (including phenoxy) is 1. The molecule has 0 aromatic carbocycles. The topological polar surface area (TPSA) is 80.8 Å². The molecular formula is C27H36O5. The lowest BCUT2D eigenvalue weighted by Gasteiger charge is -2.43. The lowest BCUT2D eigenvalue weighted by Crippen LogP contribution is -2.38. The van der Waals surface area contributed by atoms with E-state index >= 15 is 0 Å². The molecule has 5 saturated carbocycles. The van der Waals surface area contributed by atoms with Crippen LogP contribution in [0.2, 0.25) is 0 Å². The fourth-order valence-corrected chi connectivity index (χ4v) is 6.88. The quantitative estimate of drug-likeness (QED) is 0.398. The number of allylic oxidation sites excluding steroid dienone is 2. The van der Waals surface area contributed by atoms with Crippen molar-refractivity contribution < 1.29 is 23.9 Å². The van der Waals surface area contributed by atoms with Gasteiger partial charge >= 0.3 is 0 Å². The van der Waals surface area contributed by atoms with Gasteiger partial charge in [-0.1, -0.05) is 25.3 Å². The summed E-state index contributed by atoms with van der Waals surface area (Å²) in [5.74, 6) is 1.05. The van der Waals surface area contributed by atoms with Gasteiger partial charge in [0.15, 0.2) is 11.6 Å². The summed E-state index contributed by atoms with van der Waals surface area (Å²) in [6.07, 6.45) is 20.8. The van der Waals surface area contributed by atoms with Gasteiger partial charge in [-0.05, 0) is 73.7 Å². The molecule has 0 amide bonds. The molecule has 1 saturated heterocycles. The Kier molecular flexibility index (Phi) is 5.76. The molecule has 5 heteroatoms. The molecule has 7 rings (SSSR count). The summed E-state index contributed by atoms with van der Waals surface area (Å²) in [7, 11) is 0. The third-order valence-corrected chi connectivity index (χ3v) is 9.27. The predicted octanol–water partition coefficient (Wildman–Crippen LogP) is 4.84. The first-order valence-corrected chi connectivity index (χ1v) is 12.7. The third kappa shape index (κ3) is 4.55. The van der Waals surface area contributed by atoms with E-state index in [0.717, 1.165) is 32.1 Å². The predicted molar refractivity (Wildman–Crippen MR) is 119 cm³/mol. The second kappa shape index (κ2) is 8.30. The second-order valence-corrected chi connectivity index (χ2v) is 11.9. The van der Waals surface area contributed by atoms with Gasteiger partial charge in [0.25, 0.3) is 0 Å². The van der Waals surface area contributed by atoms with Crippen molar-refractivity contribution in [3.63, 3.8) is 0 Å². The Morgan fingerprint density at radius 3 is 1.75 bits per heavy atom. The maximum Gasteiger partial charge on any atom is 0.164 e. The lowest BCUT2D eigenvalue weighted by molar-refractivity contribution is -0.137. The molecule has 6 fully saturated rings. The summed E-state index contributed by atoms with van der Waals surface area (Å²) in [5.41, 5.74) is 0.993. The molecule has 0 N–H and O–H groups in total. The molecule has 6 aliphatic carbocycles. The molecule has 0 radical (unpaired) electrons. The summed E-state index contributed by atoms with van der Waals surface area (Å²) in [5, 5.41) is 0. The highest BCUT2D eigenvalue weighted by molar-refractivity contribution is 6.02. The van der Waals surface area contributed by atoms with E-state index in [1.807, 2.05) is 6.08 Å². The van der Waals surface area contributed by atoms with Crippen LogP contribution < -0.4 is 0 Å². The maximum absolute atomic E-state index is 11.3. The van der Waals surface area contributed by atoms with E-state index in [0.29, 0.717) is 41.3 Å². The molecule has 7 aliphatic rings. The number of epoxide rings is 1. The summed E-state index contributed by atoms with van der Waals surface area (Å²) in [6.45, 7) is 0. The molecule has 3 spiro atoms. The molecule has 0 aromatic heterocycles. The van der Waals surface area contributed by atoms with Crippen LogP contribution in [0, 0.1) is 16.2 Å². The van der Waals surface area contributed by atoms with Crippen molar-refractivity contribution in [3.8, 4) is 0 Å². The Morgan fingerprint density at radius 1 is 0.719 bits per heavy atom. The van der Waals surface area contributed by atoms with Gasteiger partial charge in [0.1, 0.15) is 17.7 Å². The summed E-state index contributed by atoms with van der Waals surface area (Å²) in [6, 6.07) is 0. The number of rotatable bonds is 0. The number of ketones is 4. The van der Waals surface area contributed by atoms with Gasteiger partial charge in [-0.25, -0.2) is 0 Å². The van der Waals surface area contributed by atoms with E-state index < -0.39 is 0 Å². The van der Waals surface area contributed by atoms with Crippen LogP contribution in [0.1, 0.15) is 103 Å². The average Bonchev–Trinajstić information content (AvgIpc) is 3.45. The first-order valence-electron chi connectivity index (χ1n) is 12.7. The summed E-state index contributed by atoms with van der Waals surface area (Å²) < 4.78 is 5.27. The van der Waals surface area contributed by atoms with Crippen molar-refractivity contribution in [3.05, 3.63) is 12.2 Å². The van der Waals surface area contributed by atoms with Gasteiger partial charge < -0.3 is 4.74 Å². The normalized spacial score (nSPS) is 34.2. The lowest BCUT2D eigenvalue weighted by atomic mass is 9.60. The zero-order chi connectivity index (χ0) is 22.4. The zero-order valence-electron chi connectivity index (χ0n) is 19.2. The van der Waals surface area contributed by atoms with Gasteiger partial charge in [0.2, 0.25) is 0 Å². The summed E-state index contributed by atoms with van der Waals surface area (Å²) in [4.78, 5) is 44.4. The van der Waals surface area contributed by atoms with Crippen LogP contribution in [0.15, 0.2) is 12.2 Å². The first-order chi connectivity index (χ1) is 15.3. The molecule has 0 aromatic rings. The number of hydrogen-bond donors (Lipinski definition) is 0. The average molecular weight is 441 g/mol. The van der Waals surface area contributed by atoms with Gasteiger partial charge in [-0.15, -0.1) is 0 Å². The Bertz CT molecular complexity index is 822. The highest BCUT2D eigenvalue weighted by atomic mass is 16.6. The minimum Gasteiger partial charge on any atom is -0.361 e. The molecule has 0 bridgehead atoms. The fraction of sp³-hybridized carbons (Fsp3) is 0.778. The van der Waals surface area contributed by atoms with Gasteiger partial charge in [0, 0.05) is 25.7 Å². The standard InChI is InChI=1S/2C9H12O2.C9H12O/c10-6-4-9(2-1-3-9)5-7-8(6)11-7;10-7-4-8(11)6-9(5-7)2-1-3-9;10-8-3-1-4-9(7-8)5-2-6-9/h7-8H,1-5H2;1-6H2;1,3H,2,4-7H2. The van der Waals surface area contributed by atoms with Crippen molar-refractivity contribution in [2.24, 2.45) is 16.2 Å². The molecule has 1 aliphatic heterocycles. The van der Waals surface area contributed by atoms with E-state index in [9.17, 15) is 19.2 Å². The highest BCUT2D eigenvalue weighted by Gasteiger charge is 2.57. The fourth-order valence-electron chi connectivity index (χ4n) is 6.88. The third-order valence-electron chi connectivity index (χ3n) is 9.27. The molecule has 1 heterocycles. The molecular weight excluding hydrogens is 404 g/mol. The maximum atomic E-state index is 11.3. The number of hydrogen-bond acceptors (Lipinski definition) is 5. The Morgan fingerprint density at radius 2 is 1.31 bits per heavy atom. The van der Waals surface area contributed by atoms with Crippen LogP contribution in [-0.2, 0) is 23.9 Å². The number of fused-ring (bicyclic) bond motifs is 1. The first kappa shape index (κ1) is 22.2. The van der Waals surface area contributed by atoms with E-state index in [2.05, 4.69) is 0 Å². The van der Waals surface area contributed by atoms with Crippen LogP contribution in [0.5, 0.6) is 0 Å². The molecule has 5 nitrogen and oxygen atoms in total. The van der Waals surface area contributed by atoms with Crippen molar-refractivity contribution in [2.45, 2.75) is 115 Å². The molecule has 2 unspecified atom stereocenters. The number of carbonyl (C=O) groups excluding carboxylic acids is 4. The Labute approximate surface area is 190 Å². The molecule has 174 valence electrons. The second-order valence-electron chi connectivity index (χ2n) is 11.9. The van der Waals surface area contributed by atoms with Crippen molar-refractivity contribution in [2.75, 3.05) is 0 Å². The van der Waals surface area contributed by atoms with E-state index in [-0.39, 0.29) is 29.5 Å².